The maximum absolute atomic E-state index is 10.5. The lowest BCUT2D eigenvalue weighted by atomic mass is 10.3. The molecule has 1 rings (SSSR count). The minimum atomic E-state index is -0.953. The van der Waals surface area contributed by atoms with Crippen molar-refractivity contribution in [1.82, 2.24) is 0 Å². The summed E-state index contributed by atoms with van der Waals surface area (Å²) in [5.74, 6) is 0.443. The van der Waals surface area contributed by atoms with Gasteiger partial charge < -0.3 is 14.9 Å². The van der Waals surface area contributed by atoms with Gasteiger partial charge in [0.25, 0.3) is 5.69 Å². The van der Waals surface area contributed by atoms with Gasteiger partial charge in [-0.2, -0.15) is 0 Å². The lowest BCUT2D eigenvalue weighted by Crippen LogP contribution is -2.21. The first kappa shape index (κ1) is 13.1. The molecular weight excluding hydrogens is 329 g/mol. The topological polar surface area (TPSA) is 92.8 Å². The van der Waals surface area contributed by atoms with E-state index in [4.69, 9.17) is 14.9 Å². The highest BCUT2D eigenvalue weighted by Crippen LogP contribution is 2.25. The van der Waals surface area contributed by atoms with E-state index in [1.165, 1.54) is 18.2 Å². The van der Waals surface area contributed by atoms with Crippen LogP contribution in [0.2, 0.25) is 0 Å². The Bertz CT molecular complexity index is 384. The van der Waals surface area contributed by atoms with Gasteiger partial charge in [-0.15, -0.1) is 0 Å². The third-order valence-corrected chi connectivity index (χ3v) is 2.61. The van der Waals surface area contributed by atoms with E-state index >= 15 is 0 Å². The summed E-state index contributed by atoms with van der Waals surface area (Å²) in [6.07, 6.45) is -0.953. The minimum Gasteiger partial charge on any atom is -0.490 e. The van der Waals surface area contributed by atoms with Crippen LogP contribution in [0.15, 0.2) is 18.2 Å². The van der Waals surface area contributed by atoms with Gasteiger partial charge in [-0.3, -0.25) is 10.1 Å². The SMILES string of the molecule is O=[N+]([O-])c1ccc(OCC(O)CO)c(I)c1. The molecule has 0 bridgehead atoms. The number of aliphatic hydroxyl groups is 2. The van der Waals surface area contributed by atoms with Crippen LogP contribution >= 0.6 is 22.6 Å². The van der Waals surface area contributed by atoms with Crippen molar-refractivity contribution in [2.75, 3.05) is 13.2 Å². The molecule has 0 aromatic heterocycles. The molecule has 1 aromatic rings. The number of aliphatic hydroxyl groups excluding tert-OH is 2. The monoisotopic (exact) mass is 339 g/mol. The zero-order chi connectivity index (χ0) is 12.1. The van der Waals surface area contributed by atoms with E-state index in [1.807, 2.05) is 22.6 Å². The number of nitrogens with zero attached hydrogens (tertiary/aromatic N) is 1. The minimum absolute atomic E-state index is 0.0144. The quantitative estimate of drug-likeness (QED) is 0.473. The van der Waals surface area contributed by atoms with Crippen molar-refractivity contribution in [3.05, 3.63) is 31.9 Å². The molecule has 0 saturated heterocycles. The Morgan fingerprint density at radius 1 is 1.56 bits per heavy atom. The summed E-state index contributed by atoms with van der Waals surface area (Å²) in [6, 6.07) is 4.16. The molecule has 0 aliphatic rings. The molecule has 0 spiro atoms. The zero-order valence-corrected chi connectivity index (χ0v) is 10.3. The number of rotatable bonds is 5. The Morgan fingerprint density at radius 2 is 2.25 bits per heavy atom. The number of nitro groups is 1. The van der Waals surface area contributed by atoms with Gasteiger partial charge in [0.1, 0.15) is 18.5 Å². The highest BCUT2D eigenvalue weighted by Gasteiger charge is 2.11. The Hall–Kier alpha value is -0.930. The number of ether oxygens (including phenoxy) is 1. The highest BCUT2D eigenvalue weighted by atomic mass is 127. The maximum atomic E-state index is 10.5. The van der Waals surface area contributed by atoms with Crippen molar-refractivity contribution in [2.24, 2.45) is 0 Å². The number of halogens is 1. The van der Waals surface area contributed by atoms with Crippen molar-refractivity contribution in [1.29, 1.82) is 0 Å². The van der Waals surface area contributed by atoms with E-state index in [1.54, 1.807) is 0 Å². The molecule has 1 unspecified atom stereocenters. The van der Waals surface area contributed by atoms with E-state index in [9.17, 15) is 10.1 Å². The van der Waals surface area contributed by atoms with Crippen LogP contribution in [0.4, 0.5) is 5.69 Å². The second-order valence-corrected chi connectivity index (χ2v) is 4.18. The van der Waals surface area contributed by atoms with Gasteiger partial charge in [-0.25, -0.2) is 0 Å². The van der Waals surface area contributed by atoms with Gasteiger partial charge in [0.05, 0.1) is 15.1 Å². The second-order valence-electron chi connectivity index (χ2n) is 3.02. The first-order valence-corrected chi connectivity index (χ1v) is 5.48. The third-order valence-electron chi connectivity index (χ3n) is 1.77. The van der Waals surface area contributed by atoms with Crippen molar-refractivity contribution >= 4 is 28.3 Å². The van der Waals surface area contributed by atoms with E-state index in [0.717, 1.165) is 0 Å². The predicted octanol–water partition coefficient (Wildman–Crippen LogP) is 0.931. The van der Waals surface area contributed by atoms with Gasteiger partial charge >= 0.3 is 0 Å². The first-order valence-electron chi connectivity index (χ1n) is 4.40. The van der Waals surface area contributed by atoms with Crippen LogP contribution < -0.4 is 4.74 Å². The molecule has 0 aliphatic carbocycles. The number of nitro benzene ring substituents is 1. The molecule has 0 radical (unpaired) electrons. The Kier molecular flexibility index (Phi) is 4.90. The average molecular weight is 339 g/mol. The van der Waals surface area contributed by atoms with Crippen molar-refractivity contribution in [3.8, 4) is 5.75 Å². The van der Waals surface area contributed by atoms with Gasteiger partial charge in [0.15, 0.2) is 0 Å². The highest BCUT2D eigenvalue weighted by molar-refractivity contribution is 14.1. The van der Waals surface area contributed by atoms with E-state index in [2.05, 4.69) is 0 Å². The molecule has 6 nitrogen and oxygen atoms in total. The summed E-state index contributed by atoms with van der Waals surface area (Å²) in [4.78, 5) is 9.97. The molecule has 1 aromatic carbocycles. The number of benzene rings is 1. The molecule has 2 N–H and O–H groups in total. The van der Waals surface area contributed by atoms with Crippen molar-refractivity contribution in [2.45, 2.75) is 6.10 Å². The average Bonchev–Trinajstić information content (AvgIpc) is 2.26. The van der Waals surface area contributed by atoms with Crippen molar-refractivity contribution in [3.63, 3.8) is 0 Å². The summed E-state index contributed by atoms with van der Waals surface area (Å²) in [6.45, 7) is -0.437. The largest absolute Gasteiger partial charge is 0.490 e. The van der Waals surface area contributed by atoms with E-state index in [0.29, 0.717) is 9.32 Å². The van der Waals surface area contributed by atoms with Crippen LogP contribution in [-0.4, -0.2) is 34.5 Å². The Balaban J connectivity index is 2.72. The maximum Gasteiger partial charge on any atom is 0.270 e. The van der Waals surface area contributed by atoms with Crippen molar-refractivity contribution < 1.29 is 19.9 Å². The van der Waals surface area contributed by atoms with Gasteiger partial charge in [-0.05, 0) is 28.7 Å². The Morgan fingerprint density at radius 3 is 2.75 bits per heavy atom. The normalized spacial score (nSPS) is 12.2. The number of non-ortho nitro benzene ring substituents is 1. The summed E-state index contributed by atoms with van der Waals surface area (Å²) in [5.41, 5.74) is -0.0144. The standard InChI is InChI=1S/C9H10INO5/c10-8-3-6(11(14)15)1-2-9(8)16-5-7(13)4-12/h1-3,7,12-13H,4-5H2. The molecule has 16 heavy (non-hydrogen) atoms. The van der Waals surface area contributed by atoms with Crippen LogP contribution in [0.3, 0.4) is 0 Å². The molecule has 0 amide bonds. The fraction of sp³-hybridized carbons (Fsp3) is 0.333. The summed E-state index contributed by atoms with van der Waals surface area (Å²) < 4.78 is 5.76. The molecule has 0 heterocycles. The number of hydrogen-bond donors (Lipinski definition) is 2. The summed E-state index contributed by atoms with van der Waals surface area (Å²) in [5, 5.41) is 28.1. The molecule has 1 atom stereocenters. The molecule has 7 heteroatoms. The van der Waals surface area contributed by atoms with Gasteiger partial charge in [0, 0.05) is 12.1 Å². The second kappa shape index (κ2) is 5.97. The molecular formula is C9H10INO5. The number of hydrogen-bond acceptors (Lipinski definition) is 5. The zero-order valence-electron chi connectivity index (χ0n) is 8.17. The van der Waals surface area contributed by atoms with Gasteiger partial charge in [-0.1, -0.05) is 0 Å². The lowest BCUT2D eigenvalue weighted by Gasteiger charge is -2.10. The smallest absolute Gasteiger partial charge is 0.270 e. The first-order chi connectivity index (χ1) is 7.54. The molecule has 0 fully saturated rings. The fourth-order valence-electron chi connectivity index (χ4n) is 0.959. The third kappa shape index (κ3) is 3.58. The van der Waals surface area contributed by atoms with Crippen LogP contribution in [-0.2, 0) is 0 Å². The fourth-order valence-corrected chi connectivity index (χ4v) is 1.61. The van der Waals surface area contributed by atoms with E-state index in [-0.39, 0.29) is 18.9 Å². The van der Waals surface area contributed by atoms with Crippen LogP contribution in [0, 0.1) is 13.7 Å². The summed E-state index contributed by atoms with van der Waals surface area (Å²) >= 11 is 1.90. The molecule has 0 saturated carbocycles. The van der Waals surface area contributed by atoms with E-state index < -0.39 is 11.0 Å². The van der Waals surface area contributed by atoms with Gasteiger partial charge in [0.2, 0.25) is 0 Å². The molecule has 0 aliphatic heterocycles. The predicted molar refractivity (Wildman–Crippen MR) is 64.4 cm³/mol. The lowest BCUT2D eigenvalue weighted by molar-refractivity contribution is -0.385. The Labute approximate surface area is 105 Å². The molecule has 88 valence electrons. The van der Waals surface area contributed by atoms with Crippen LogP contribution in [0.1, 0.15) is 0 Å². The van der Waals surface area contributed by atoms with Crippen LogP contribution in [0.25, 0.3) is 0 Å². The van der Waals surface area contributed by atoms with Crippen LogP contribution in [0.5, 0.6) is 5.75 Å². The summed E-state index contributed by atoms with van der Waals surface area (Å²) in [7, 11) is 0.